The number of likely N-dealkylation sites (tertiary alicyclic amines) is 1. The van der Waals surface area contributed by atoms with E-state index in [1.54, 1.807) is 0 Å². The van der Waals surface area contributed by atoms with E-state index in [1.807, 2.05) is 85.5 Å². The van der Waals surface area contributed by atoms with E-state index >= 15 is 0 Å². The summed E-state index contributed by atoms with van der Waals surface area (Å²) in [6.45, 7) is 7.91. The van der Waals surface area contributed by atoms with Crippen LogP contribution in [-0.4, -0.2) is 36.0 Å². The normalized spacial score (nSPS) is 15.4. The predicted octanol–water partition coefficient (Wildman–Crippen LogP) is 6.38. The van der Waals surface area contributed by atoms with E-state index < -0.39 is 0 Å². The van der Waals surface area contributed by atoms with Crippen LogP contribution in [-0.2, 0) is 13.0 Å². The number of nitrogens with one attached hydrogen (secondary N) is 2. The largest absolute Gasteiger partial charge is 0.491 e. The number of hydrogen-bond donors (Lipinski definition) is 2. The predicted molar refractivity (Wildman–Crippen MR) is 148 cm³/mol. The standard InChI is InChI=1S/C31H37N3O3/c1-4-23-10-14-28(15-11-23)33-31(36)34-18-6-9-27(21-34)25-7-5-8-26(19-25)30(35)32-20-24-12-16-29(17-13-24)37-22(2)3/h5,7-8,10-17,19,22,27H,4,6,9,18,20-21H2,1-3H3,(H,32,35)(H,33,36)/t27-/m1/s1. The molecule has 2 N–H and O–H groups in total. The monoisotopic (exact) mass is 499 g/mol. The molecule has 3 aromatic rings. The van der Waals surface area contributed by atoms with Gasteiger partial charge in [-0.3, -0.25) is 4.79 Å². The Labute approximate surface area is 220 Å². The highest BCUT2D eigenvalue weighted by Gasteiger charge is 2.25. The van der Waals surface area contributed by atoms with Crippen molar-refractivity contribution < 1.29 is 14.3 Å². The third kappa shape index (κ3) is 7.35. The molecule has 1 heterocycles. The zero-order valence-electron chi connectivity index (χ0n) is 22.0. The van der Waals surface area contributed by atoms with Crippen LogP contribution in [0.3, 0.4) is 0 Å². The molecule has 1 aliphatic rings. The molecule has 0 radical (unpaired) electrons. The Bertz CT molecular complexity index is 1190. The van der Waals surface area contributed by atoms with Crippen LogP contribution in [0.4, 0.5) is 10.5 Å². The molecule has 6 heteroatoms. The number of nitrogens with zero attached hydrogens (tertiary/aromatic N) is 1. The van der Waals surface area contributed by atoms with Crippen molar-refractivity contribution in [1.29, 1.82) is 0 Å². The topological polar surface area (TPSA) is 70.7 Å². The van der Waals surface area contributed by atoms with Crippen LogP contribution >= 0.6 is 0 Å². The van der Waals surface area contributed by atoms with Crippen LogP contribution in [0, 0.1) is 0 Å². The fourth-order valence-corrected chi connectivity index (χ4v) is 4.64. The Balaban J connectivity index is 1.33. The first kappa shape index (κ1) is 26.3. The number of carbonyl (C=O) groups excluding carboxylic acids is 2. The third-order valence-electron chi connectivity index (χ3n) is 6.69. The molecule has 1 fully saturated rings. The number of carbonyl (C=O) groups is 2. The number of piperidine rings is 1. The number of anilines is 1. The summed E-state index contributed by atoms with van der Waals surface area (Å²) >= 11 is 0. The van der Waals surface area contributed by atoms with Gasteiger partial charge in [0.15, 0.2) is 0 Å². The van der Waals surface area contributed by atoms with Crippen molar-refractivity contribution in [1.82, 2.24) is 10.2 Å². The molecule has 0 spiro atoms. The first-order chi connectivity index (χ1) is 17.9. The lowest BCUT2D eigenvalue weighted by molar-refractivity contribution is 0.0950. The van der Waals surface area contributed by atoms with Gasteiger partial charge in [-0.2, -0.15) is 0 Å². The molecule has 1 saturated heterocycles. The lowest BCUT2D eigenvalue weighted by atomic mass is 9.89. The molecule has 37 heavy (non-hydrogen) atoms. The molecule has 1 atom stereocenters. The van der Waals surface area contributed by atoms with Gasteiger partial charge in [0.05, 0.1) is 6.10 Å². The fraction of sp³-hybridized carbons (Fsp3) is 0.355. The number of rotatable bonds is 8. The molecule has 4 rings (SSSR count). The molecule has 0 aromatic heterocycles. The summed E-state index contributed by atoms with van der Waals surface area (Å²) in [5, 5.41) is 6.04. The Morgan fingerprint density at radius 2 is 1.73 bits per heavy atom. The summed E-state index contributed by atoms with van der Waals surface area (Å²) < 4.78 is 5.68. The number of benzene rings is 3. The zero-order chi connectivity index (χ0) is 26.2. The van der Waals surface area contributed by atoms with Gasteiger partial charge in [-0.1, -0.05) is 43.3 Å². The SMILES string of the molecule is CCc1ccc(NC(=O)N2CCC[C@@H](c3cccc(C(=O)NCc4ccc(OC(C)C)cc4)c3)C2)cc1. The van der Waals surface area contributed by atoms with E-state index in [2.05, 4.69) is 23.6 Å². The second kappa shape index (κ2) is 12.4. The maximum absolute atomic E-state index is 12.9. The number of aryl methyl sites for hydroxylation is 1. The average molecular weight is 500 g/mol. The Kier molecular flexibility index (Phi) is 8.83. The quantitative estimate of drug-likeness (QED) is 0.378. The van der Waals surface area contributed by atoms with Crippen LogP contribution in [0.5, 0.6) is 5.75 Å². The van der Waals surface area contributed by atoms with Crippen molar-refractivity contribution >= 4 is 17.6 Å². The lowest BCUT2D eigenvalue weighted by Gasteiger charge is -2.33. The fourth-order valence-electron chi connectivity index (χ4n) is 4.64. The summed E-state index contributed by atoms with van der Waals surface area (Å²) in [5.74, 6) is 0.913. The van der Waals surface area contributed by atoms with Crippen molar-refractivity contribution in [2.24, 2.45) is 0 Å². The molecule has 0 aliphatic carbocycles. The second-order valence-electron chi connectivity index (χ2n) is 9.88. The van der Waals surface area contributed by atoms with E-state index in [4.69, 9.17) is 4.74 Å². The van der Waals surface area contributed by atoms with Crippen LogP contribution < -0.4 is 15.4 Å². The van der Waals surface area contributed by atoms with Gasteiger partial charge in [0, 0.05) is 36.8 Å². The maximum Gasteiger partial charge on any atom is 0.321 e. The van der Waals surface area contributed by atoms with Gasteiger partial charge in [-0.25, -0.2) is 4.79 Å². The highest BCUT2D eigenvalue weighted by atomic mass is 16.5. The van der Waals surface area contributed by atoms with Crippen LogP contribution in [0.15, 0.2) is 72.8 Å². The Hall–Kier alpha value is -3.80. The highest BCUT2D eigenvalue weighted by Crippen LogP contribution is 2.28. The van der Waals surface area contributed by atoms with Gasteiger partial charge in [0.2, 0.25) is 0 Å². The average Bonchev–Trinajstić information content (AvgIpc) is 2.92. The minimum absolute atomic E-state index is 0.0762. The molecule has 0 saturated carbocycles. The van der Waals surface area contributed by atoms with Crippen LogP contribution in [0.1, 0.15) is 66.6 Å². The van der Waals surface area contributed by atoms with Crippen molar-refractivity contribution in [3.63, 3.8) is 0 Å². The molecule has 194 valence electrons. The van der Waals surface area contributed by atoms with E-state index in [0.717, 1.165) is 48.4 Å². The minimum Gasteiger partial charge on any atom is -0.491 e. The molecule has 0 bridgehead atoms. The summed E-state index contributed by atoms with van der Waals surface area (Å²) in [7, 11) is 0. The molecular formula is C31H37N3O3. The smallest absolute Gasteiger partial charge is 0.321 e. The highest BCUT2D eigenvalue weighted by molar-refractivity contribution is 5.94. The number of hydrogen-bond acceptors (Lipinski definition) is 3. The number of ether oxygens (including phenoxy) is 1. The first-order valence-corrected chi connectivity index (χ1v) is 13.2. The van der Waals surface area contributed by atoms with E-state index in [1.165, 1.54) is 5.56 Å². The number of urea groups is 1. The van der Waals surface area contributed by atoms with E-state index in [-0.39, 0.29) is 24.0 Å². The van der Waals surface area contributed by atoms with Crippen molar-refractivity contribution in [2.75, 3.05) is 18.4 Å². The molecule has 1 aliphatic heterocycles. The van der Waals surface area contributed by atoms with Gasteiger partial charge < -0.3 is 20.3 Å². The lowest BCUT2D eigenvalue weighted by Crippen LogP contribution is -2.41. The molecule has 0 unspecified atom stereocenters. The van der Waals surface area contributed by atoms with E-state index in [9.17, 15) is 9.59 Å². The summed E-state index contributed by atoms with van der Waals surface area (Å²) in [5.41, 5.74) is 4.79. The molecule has 3 aromatic carbocycles. The molecular weight excluding hydrogens is 462 g/mol. The van der Waals surface area contributed by atoms with Crippen molar-refractivity contribution in [3.05, 3.63) is 95.1 Å². The van der Waals surface area contributed by atoms with Gasteiger partial charge in [0.25, 0.3) is 5.91 Å². The summed E-state index contributed by atoms with van der Waals surface area (Å²) in [4.78, 5) is 27.7. The van der Waals surface area contributed by atoms with Crippen molar-refractivity contribution in [3.8, 4) is 5.75 Å². The third-order valence-corrected chi connectivity index (χ3v) is 6.69. The summed E-state index contributed by atoms with van der Waals surface area (Å²) in [6.07, 6.45) is 3.02. The minimum atomic E-state index is -0.106. The Morgan fingerprint density at radius 3 is 2.43 bits per heavy atom. The number of amides is 3. The van der Waals surface area contributed by atoms with E-state index in [0.29, 0.717) is 18.7 Å². The van der Waals surface area contributed by atoms with Crippen LogP contribution in [0.2, 0.25) is 0 Å². The molecule has 6 nitrogen and oxygen atoms in total. The molecule has 3 amide bonds. The van der Waals surface area contributed by atoms with Gasteiger partial charge >= 0.3 is 6.03 Å². The Morgan fingerprint density at radius 1 is 1.00 bits per heavy atom. The van der Waals surface area contributed by atoms with Crippen LogP contribution in [0.25, 0.3) is 0 Å². The van der Waals surface area contributed by atoms with Gasteiger partial charge in [-0.05, 0) is 86.2 Å². The summed E-state index contributed by atoms with van der Waals surface area (Å²) in [6, 6.07) is 23.5. The maximum atomic E-state index is 12.9. The van der Waals surface area contributed by atoms with Crippen molar-refractivity contribution in [2.45, 2.75) is 58.6 Å². The zero-order valence-corrected chi connectivity index (χ0v) is 22.0. The van der Waals surface area contributed by atoms with Gasteiger partial charge in [-0.15, -0.1) is 0 Å². The first-order valence-electron chi connectivity index (χ1n) is 13.2. The second-order valence-corrected chi connectivity index (χ2v) is 9.88. The van der Waals surface area contributed by atoms with Gasteiger partial charge in [0.1, 0.15) is 5.75 Å².